The highest BCUT2D eigenvalue weighted by molar-refractivity contribution is 5.55. The fourth-order valence-corrected chi connectivity index (χ4v) is 2.04. The van der Waals surface area contributed by atoms with Gasteiger partial charge in [0, 0.05) is 29.6 Å². The summed E-state index contributed by atoms with van der Waals surface area (Å²) in [6, 6.07) is 1.95. The zero-order valence-electron chi connectivity index (χ0n) is 14.9. The highest BCUT2D eigenvalue weighted by Gasteiger charge is 2.28. The highest BCUT2D eigenvalue weighted by atomic mass is 19.4. The highest BCUT2D eigenvalue weighted by Crippen LogP contribution is 2.20. The maximum atomic E-state index is 13.9. The van der Waals surface area contributed by atoms with E-state index in [1.54, 1.807) is 0 Å². The van der Waals surface area contributed by atoms with Gasteiger partial charge in [-0.1, -0.05) is 6.08 Å². The molecule has 29 heavy (non-hydrogen) atoms. The number of nitrogens with zero attached hydrogens (tertiary/aromatic N) is 4. The van der Waals surface area contributed by atoms with Crippen molar-refractivity contribution in [1.82, 2.24) is 19.7 Å². The minimum atomic E-state index is -4.54. The normalized spacial score (nSPS) is 12.9. The summed E-state index contributed by atoms with van der Waals surface area (Å²) in [6.45, 7) is -0.520. The van der Waals surface area contributed by atoms with Crippen LogP contribution in [0.1, 0.15) is 6.92 Å². The van der Waals surface area contributed by atoms with E-state index in [-0.39, 0.29) is 16.8 Å². The van der Waals surface area contributed by atoms with Crippen molar-refractivity contribution >= 4 is 0 Å². The van der Waals surface area contributed by atoms with E-state index in [1.165, 1.54) is 25.0 Å². The average Bonchev–Trinajstić information content (AvgIpc) is 2.70. The van der Waals surface area contributed by atoms with Crippen LogP contribution >= 0.6 is 0 Å². The zero-order chi connectivity index (χ0) is 21.6. The average molecular weight is 412 g/mol. The van der Waals surface area contributed by atoms with E-state index in [9.17, 15) is 26.7 Å². The summed E-state index contributed by atoms with van der Waals surface area (Å²) in [5.74, 6) is -1.17. The van der Waals surface area contributed by atoms with Crippen LogP contribution in [0.15, 0.2) is 52.6 Å². The lowest BCUT2D eigenvalue weighted by Crippen LogP contribution is -2.23. The molecular formula is C18H13F5N4O2. The molecule has 2 aromatic rings. The molecule has 2 rings (SSSR count). The second-order valence-electron chi connectivity index (χ2n) is 5.46. The topological polar surface area (TPSA) is 69.9 Å². The Morgan fingerprint density at radius 3 is 2.48 bits per heavy atom. The maximum absolute atomic E-state index is 13.9. The Morgan fingerprint density at radius 1 is 1.28 bits per heavy atom. The Balaban J connectivity index is 2.27. The summed E-state index contributed by atoms with van der Waals surface area (Å²) in [5, 5.41) is 4.01. The molecule has 0 unspecified atom stereocenters. The minimum Gasteiger partial charge on any atom is -0.454 e. The van der Waals surface area contributed by atoms with Crippen LogP contribution < -0.4 is 10.3 Å². The summed E-state index contributed by atoms with van der Waals surface area (Å²) in [6.07, 6.45) is 3.82. The molecule has 0 bridgehead atoms. The van der Waals surface area contributed by atoms with Crippen molar-refractivity contribution in [1.29, 1.82) is 0 Å². The lowest BCUT2D eigenvalue weighted by Gasteiger charge is -2.10. The molecule has 0 radical (unpaired) electrons. The van der Waals surface area contributed by atoms with E-state index < -0.39 is 42.6 Å². The van der Waals surface area contributed by atoms with E-state index in [0.29, 0.717) is 0 Å². The van der Waals surface area contributed by atoms with Crippen molar-refractivity contribution in [3.63, 3.8) is 0 Å². The smallest absolute Gasteiger partial charge is 0.422 e. The molecule has 152 valence electrons. The minimum absolute atomic E-state index is 0.171. The van der Waals surface area contributed by atoms with E-state index in [2.05, 4.69) is 19.8 Å². The summed E-state index contributed by atoms with van der Waals surface area (Å²) in [5.41, 5.74) is -0.373. The Hall–Kier alpha value is -3.55. The summed E-state index contributed by atoms with van der Waals surface area (Å²) >= 11 is 0. The number of rotatable bonds is 6. The third-order valence-corrected chi connectivity index (χ3v) is 3.43. The van der Waals surface area contributed by atoms with Crippen LogP contribution in [0.4, 0.5) is 22.0 Å². The Bertz CT molecular complexity index is 1030. The molecule has 0 saturated heterocycles. The fourth-order valence-electron chi connectivity index (χ4n) is 2.04. The van der Waals surface area contributed by atoms with Gasteiger partial charge in [0.2, 0.25) is 5.83 Å². The van der Waals surface area contributed by atoms with Gasteiger partial charge in [-0.25, -0.2) is 19.0 Å². The molecule has 0 aliphatic rings. The van der Waals surface area contributed by atoms with Crippen molar-refractivity contribution in [2.75, 3.05) is 6.61 Å². The lowest BCUT2D eigenvalue weighted by atomic mass is 10.2. The van der Waals surface area contributed by atoms with Crippen LogP contribution in [-0.4, -0.2) is 32.5 Å². The van der Waals surface area contributed by atoms with E-state index in [4.69, 9.17) is 6.42 Å². The van der Waals surface area contributed by atoms with Gasteiger partial charge in [0.1, 0.15) is 0 Å². The monoisotopic (exact) mass is 412 g/mol. The molecule has 0 fully saturated rings. The van der Waals surface area contributed by atoms with Gasteiger partial charge in [-0.2, -0.15) is 22.7 Å². The fraction of sp³-hybridized carbons (Fsp3) is 0.222. The lowest BCUT2D eigenvalue weighted by molar-refractivity contribution is -0.154. The largest absolute Gasteiger partial charge is 0.454 e. The summed E-state index contributed by atoms with van der Waals surface area (Å²) in [7, 11) is 0. The van der Waals surface area contributed by atoms with Crippen LogP contribution in [-0.2, 0) is 6.54 Å². The standard InChI is InChI=1S/C18H13F5N4O2/c1-3-11(16(20)13(19)4-2)9-27-15(28)6-5-14(26-27)12-7-24-17(25-8-12)29-10-18(21,22)23/h2-3,5-8H,9-10H2,1H3/b11-3-,16-13-. The molecule has 6 nitrogen and oxygen atoms in total. The third kappa shape index (κ3) is 5.97. The first-order valence-electron chi connectivity index (χ1n) is 7.92. The molecule has 0 aliphatic heterocycles. The van der Waals surface area contributed by atoms with Gasteiger partial charge >= 0.3 is 12.2 Å². The molecule has 0 aromatic carbocycles. The Kier molecular flexibility index (Phi) is 6.82. The third-order valence-electron chi connectivity index (χ3n) is 3.43. The molecule has 2 aromatic heterocycles. The number of allylic oxidation sites excluding steroid dienone is 4. The molecule has 0 amide bonds. The van der Waals surface area contributed by atoms with Crippen molar-refractivity contribution in [3.8, 4) is 29.6 Å². The quantitative estimate of drug-likeness (QED) is 0.413. The van der Waals surface area contributed by atoms with Crippen LogP contribution in [0.5, 0.6) is 6.01 Å². The molecule has 0 atom stereocenters. The predicted molar refractivity (Wildman–Crippen MR) is 92.9 cm³/mol. The molecule has 0 saturated carbocycles. The number of halogens is 5. The number of terminal acetylenes is 1. The van der Waals surface area contributed by atoms with Crippen molar-refractivity contribution in [2.24, 2.45) is 0 Å². The van der Waals surface area contributed by atoms with E-state index >= 15 is 0 Å². The van der Waals surface area contributed by atoms with Gasteiger partial charge in [0.05, 0.1) is 12.2 Å². The van der Waals surface area contributed by atoms with Gasteiger partial charge in [-0.15, -0.1) is 6.42 Å². The first-order chi connectivity index (χ1) is 13.6. The maximum Gasteiger partial charge on any atom is 0.422 e. The first-order valence-corrected chi connectivity index (χ1v) is 7.92. The summed E-state index contributed by atoms with van der Waals surface area (Å²) < 4.78 is 68.9. The van der Waals surface area contributed by atoms with Crippen LogP contribution in [0, 0.1) is 12.3 Å². The van der Waals surface area contributed by atoms with Gasteiger partial charge < -0.3 is 4.74 Å². The Labute approximate surface area is 161 Å². The van der Waals surface area contributed by atoms with Crippen molar-refractivity contribution in [3.05, 3.63) is 58.2 Å². The second kappa shape index (κ2) is 9.09. The predicted octanol–water partition coefficient (Wildman–Crippen LogP) is 3.37. The number of alkyl halides is 3. The molecular weight excluding hydrogens is 399 g/mol. The molecule has 0 aliphatic carbocycles. The van der Waals surface area contributed by atoms with Crippen molar-refractivity contribution in [2.45, 2.75) is 19.6 Å². The second-order valence-corrected chi connectivity index (χ2v) is 5.46. The molecule has 0 spiro atoms. The molecule has 0 N–H and O–H groups in total. The van der Waals surface area contributed by atoms with Crippen molar-refractivity contribution < 1.29 is 26.7 Å². The summed E-state index contributed by atoms with van der Waals surface area (Å²) in [4.78, 5) is 19.3. The number of hydrogen-bond acceptors (Lipinski definition) is 5. The molecule has 11 heteroatoms. The van der Waals surface area contributed by atoms with Gasteiger partial charge in [0.15, 0.2) is 12.4 Å². The van der Waals surface area contributed by atoms with E-state index in [0.717, 1.165) is 23.1 Å². The first kappa shape index (κ1) is 21.7. The van der Waals surface area contributed by atoms with Crippen LogP contribution in [0.3, 0.4) is 0 Å². The number of aromatic nitrogens is 4. The SMILES string of the molecule is C#C/C(F)=C(F)\C(=C/C)Cn1nc(-c2cnc(OCC(F)(F)F)nc2)ccc1=O. The number of ether oxygens (including phenoxy) is 1. The molecule has 2 heterocycles. The Morgan fingerprint density at radius 2 is 1.93 bits per heavy atom. The van der Waals surface area contributed by atoms with Crippen LogP contribution in [0.25, 0.3) is 11.3 Å². The van der Waals surface area contributed by atoms with Crippen LogP contribution in [0.2, 0.25) is 0 Å². The van der Waals surface area contributed by atoms with E-state index in [1.807, 2.05) is 0 Å². The number of hydrogen-bond donors (Lipinski definition) is 0. The van der Waals surface area contributed by atoms with Gasteiger partial charge in [-0.05, 0) is 18.9 Å². The van der Waals surface area contributed by atoms with Gasteiger partial charge in [0.25, 0.3) is 5.56 Å². The van der Waals surface area contributed by atoms with Gasteiger partial charge in [-0.3, -0.25) is 4.79 Å². The zero-order valence-corrected chi connectivity index (χ0v) is 14.9.